The van der Waals surface area contributed by atoms with E-state index in [1.165, 1.54) is 6.20 Å². The number of alkyl halides is 1. The minimum atomic E-state index is -1.60. The van der Waals surface area contributed by atoms with E-state index in [0.29, 0.717) is 68.6 Å². The molecule has 4 aromatic rings. The minimum absolute atomic E-state index is 0.160. The maximum absolute atomic E-state index is 14.6. The molecular weight excluding hydrogens is 611 g/mol. The molecule has 13 heteroatoms. The summed E-state index contributed by atoms with van der Waals surface area (Å²) in [6.07, 6.45) is 10.1. The molecule has 1 fully saturated rings. The molecule has 0 aliphatic carbocycles. The van der Waals surface area contributed by atoms with E-state index in [4.69, 9.17) is 4.98 Å². The molecule has 3 aromatic heterocycles. The van der Waals surface area contributed by atoms with Crippen molar-refractivity contribution in [2.45, 2.75) is 57.7 Å². The Hall–Kier alpha value is -5.22. The molecule has 1 saturated heterocycles. The van der Waals surface area contributed by atoms with Crippen LogP contribution in [-0.2, 0) is 13.6 Å². The molecule has 0 spiro atoms. The van der Waals surface area contributed by atoms with Crippen LogP contribution in [0.5, 0.6) is 0 Å². The number of anilines is 2. The number of nitrogens with one attached hydrogen (secondary N) is 2. The number of aliphatic hydroxyl groups is 1. The van der Waals surface area contributed by atoms with Crippen molar-refractivity contribution >= 4 is 29.3 Å². The van der Waals surface area contributed by atoms with Crippen molar-refractivity contribution in [1.82, 2.24) is 30.0 Å². The van der Waals surface area contributed by atoms with E-state index in [0.717, 1.165) is 28.8 Å². The van der Waals surface area contributed by atoms with E-state index in [2.05, 4.69) is 38.7 Å². The normalized spacial score (nSPS) is 14.6. The molecular formula is C35H42FN10O2+. The fraction of sp³-hybridized carbons (Fsp3) is 0.400. The average Bonchev–Trinajstić information content (AvgIpc) is 3.56. The summed E-state index contributed by atoms with van der Waals surface area (Å²) in [6, 6.07) is 15.5. The Morgan fingerprint density at radius 3 is 2.52 bits per heavy atom. The minimum Gasteiger partial charge on any atom is -0.393 e. The third-order valence-corrected chi connectivity index (χ3v) is 8.42. The van der Waals surface area contributed by atoms with Crippen LogP contribution in [0, 0.1) is 11.3 Å². The first-order valence-corrected chi connectivity index (χ1v) is 16.3. The zero-order valence-corrected chi connectivity index (χ0v) is 27.4. The van der Waals surface area contributed by atoms with Gasteiger partial charge in [0.1, 0.15) is 23.5 Å². The monoisotopic (exact) mass is 653 g/mol. The van der Waals surface area contributed by atoms with E-state index in [9.17, 15) is 19.6 Å². The number of nitriles is 1. The summed E-state index contributed by atoms with van der Waals surface area (Å²) in [5.74, 6) is 1.35. The first-order valence-electron chi connectivity index (χ1n) is 16.3. The molecule has 2 amide bonds. The number of aromatic nitrogens is 5. The number of halogens is 1. The van der Waals surface area contributed by atoms with Crippen molar-refractivity contribution in [3.05, 3.63) is 78.4 Å². The second kappa shape index (κ2) is 16.1. The fourth-order valence-electron chi connectivity index (χ4n) is 5.71. The van der Waals surface area contributed by atoms with E-state index < -0.39 is 12.3 Å². The van der Waals surface area contributed by atoms with Gasteiger partial charge in [-0.1, -0.05) is 37.3 Å². The van der Waals surface area contributed by atoms with Crippen LogP contribution in [0.15, 0.2) is 67.3 Å². The van der Waals surface area contributed by atoms with E-state index in [1.54, 1.807) is 21.7 Å². The first-order chi connectivity index (χ1) is 23.3. The van der Waals surface area contributed by atoms with Gasteiger partial charge in [-0.15, -0.1) is 4.98 Å². The van der Waals surface area contributed by atoms with Crippen molar-refractivity contribution in [2.75, 3.05) is 36.5 Å². The Bertz CT molecular complexity index is 1740. The maximum Gasteiger partial charge on any atom is 0.441 e. The van der Waals surface area contributed by atoms with E-state index >= 15 is 0 Å². The highest BCUT2D eigenvalue weighted by atomic mass is 19.1. The summed E-state index contributed by atoms with van der Waals surface area (Å²) in [4.78, 5) is 29.3. The van der Waals surface area contributed by atoms with Crippen LogP contribution < -0.4 is 15.5 Å². The number of pyridine rings is 1. The number of nitrogens with zero attached hydrogens (tertiary/aromatic N) is 8. The third kappa shape index (κ3) is 8.57. The molecule has 1 aliphatic heterocycles. The third-order valence-electron chi connectivity index (χ3n) is 8.42. The highest BCUT2D eigenvalue weighted by Gasteiger charge is 2.35. The van der Waals surface area contributed by atoms with Crippen molar-refractivity contribution in [1.29, 1.82) is 5.26 Å². The number of piperidine rings is 1. The predicted octanol–water partition coefficient (Wildman–Crippen LogP) is 5.13. The zero-order valence-electron chi connectivity index (χ0n) is 27.4. The van der Waals surface area contributed by atoms with Gasteiger partial charge in [0.05, 0.1) is 31.3 Å². The Kier molecular flexibility index (Phi) is 11.4. The van der Waals surface area contributed by atoms with Crippen molar-refractivity contribution < 1.29 is 18.9 Å². The number of benzene rings is 1. The van der Waals surface area contributed by atoms with Gasteiger partial charge in [0, 0.05) is 69.3 Å². The molecule has 3 N–H and O–H groups in total. The second-order valence-electron chi connectivity index (χ2n) is 12.0. The number of amides is 2. The van der Waals surface area contributed by atoms with Gasteiger partial charge in [-0.25, -0.2) is 14.2 Å². The van der Waals surface area contributed by atoms with E-state index in [1.807, 2.05) is 60.6 Å². The summed E-state index contributed by atoms with van der Waals surface area (Å²) in [7, 11) is 1.86. The molecule has 0 bridgehead atoms. The molecule has 0 saturated carbocycles. The lowest BCUT2D eigenvalue weighted by Gasteiger charge is -2.36. The molecule has 0 unspecified atom stereocenters. The number of hydrogen-bond donors (Lipinski definition) is 3. The van der Waals surface area contributed by atoms with E-state index in [-0.39, 0.29) is 18.9 Å². The van der Waals surface area contributed by atoms with Crippen LogP contribution in [0.25, 0.3) is 11.1 Å². The number of rotatable bonds is 13. The number of aliphatic hydroxyl groups excluding tert-OH is 1. The Balaban J connectivity index is 1.32. The Morgan fingerprint density at radius 1 is 1.08 bits per heavy atom. The van der Waals surface area contributed by atoms with Gasteiger partial charge in [0.2, 0.25) is 5.95 Å². The molecule has 1 aliphatic rings. The highest BCUT2D eigenvalue weighted by molar-refractivity contribution is 5.86. The highest BCUT2D eigenvalue weighted by Crippen LogP contribution is 2.30. The summed E-state index contributed by atoms with van der Waals surface area (Å²) in [6.45, 7) is 3.15. The average molecular weight is 654 g/mol. The van der Waals surface area contributed by atoms with Crippen LogP contribution in [0.3, 0.4) is 0 Å². The van der Waals surface area contributed by atoms with Crippen molar-refractivity contribution in [3.8, 4) is 17.2 Å². The second-order valence-corrected chi connectivity index (χ2v) is 12.0. The van der Waals surface area contributed by atoms with Gasteiger partial charge >= 0.3 is 6.03 Å². The van der Waals surface area contributed by atoms with Crippen LogP contribution in [0.2, 0.25) is 0 Å². The molecule has 250 valence electrons. The largest absolute Gasteiger partial charge is 0.441 e. The van der Waals surface area contributed by atoms with Gasteiger partial charge in [0.25, 0.3) is 5.82 Å². The van der Waals surface area contributed by atoms with Crippen LogP contribution in [-0.4, -0.2) is 78.1 Å². The quantitative estimate of drug-likeness (QED) is 0.101. The topological polar surface area (TPSA) is 148 Å². The summed E-state index contributed by atoms with van der Waals surface area (Å²) in [5, 5.41) is 29.6. The smallest absolute Gasteiger partial charge is 0.393 e. The standard InChI is InChI=1S/C35H41FN10O2/c1-3-8-30(11-7-16-38-33-40-22-28(19-37)32(43-33)45-17-14-35(36,25-47)15-18-45)46(34(48)41-20-26-9-5-4-6-10-26)31-13-12-27(21-39-31)29-23-42-44(2)24-29/h4-6,9-10,12-13,21-24,47H,3,7-8,11,14-18,20,25H2,1-2H3,(H-,38,40,41,43,48)/p+1/b46-30+. The van der Waals surface area contributed by atoms with Crippen molar-refractivity contribution in [2.24, 2.45) is 7.05 Å². The molecule has 5 rings (SSSR count). The lowest BCUT2D eigenvalue weighted by Crippen LogP contribution is -2.44. The summed E-state index contributed by atoms with van der Waals surface area (Å²) >= 11 is 0. The van der Waals surface area contributed by atoms with Gasteiger partial charge in [-0.2, -0.15) is 19.9 Å². The molecule has 4 heterocycles. The Labute approximate surface area is 280 Å². The molecule has 0 radical (unpaired) electrons. The number of urea groups is 1. The van der Waals surface area contributed by atoms with Gasteiger partial charge in [-0.05, 0) is 30.9 Å². The molecule has 1 aromatic carbocycles. The summed E-state index contributed by atoms with van der Waals surface area (Å²) in [5.41, 5.74) is 2.48. The molecule has 48 heavy (non-hydrogen) atoms. The molecule has 0 atom stereocenters. The van der Waals surface area contributed by atoms with Crippen molar-refractivity contribution in [3.63, 3.8) is 0 Å². The van der Waals surface area contributed by atoms with Gasteiger partial charge in [0.15, 0.2) is 5.82 Å². The predicted molar refractivity (Wildman–Crippen MR) is 182 cm³/mol. The maximum atomic E-state index is 14.6. The fourth-order valence-corrected chi connectivity index (χ4v) is 5.71. The number of carbonyl (C=O) groups excluding carboxylic acids is 1. The zero-order chi connectivity index (χ0) is 33.9. The SMILES string of the molecule is CCC/C(CCCNc1ncc(C#N)c(N2CCC(F)(CO)CC2)n1)=[N+](\C(=O)NCc1ccccc1)c1ccc(-c2cnn(C)c2)cn1. The summed E-state index contributed by atoms with van der Waals surface area (Å²) < 4.78 is 18.0. The van der Waals surface area contributed by atoms with Crippen LogP contribution in [0.1, 0.15) is 56.6 Å². The molecule has 12 nitrogen and oxygen atoms in total. The number of aryl methyl sites for hydroxylation is 1. The Morgan fingerprint density at radius 2 is 1.88 bits per heavy atom. The van der Waals surface area contributed by atoms with Gasteiger partial charge in [-0.3, -0.25) is 10.00 Å². The number of hydrogen-bond acceptors (Lipinski definition) is 9. The van der Waals surface area contributed by atoms with Gasteiger partial charge < -0.3 is 15.3 Å². The van der Waals surface area contributed by atoms with Crippen LogP contribution >= 0.6 is 0 Å². The first kappa shape index (κ1) is 34.1. The number of carbonyl (C=O) groups is 1. The lowest BCUT2D eigenvalue weighted by atomic mass is 9.94. The lowest BCUT2D eigenvalue weighted by molar-refractivity contribution is -0.342. The van der Waals surface area contributed by atoms with Crippen LogP contribution in [0.4, 0.5) is 26.8 Å².